The van der Waals surface area contributed by atoms with Gasteiger partial charge in [0.2, 0.25) is 5.95 Å². The van der Waals surface area contributed by atoms with Gasteiger partial charge in [-0.15, -0.1) is 11.3 Å². The summed E-state index contributed by atoms with van der Waals surface area (Å²) in [6, 6.07) is 0. The first kappa shape index (κ1) is 12.9. The van der Waals surface area contributed by atoms with E-state index in [1.54, 1.807) is 11.3 Å². The van der Waals surface area contributed by atoms with E-state index < -0.39 is 0 Å². The lowest BCUT2D eigenvalue weighted by Gasteiger charge is -2.16. The lowest BCUT2D eigenvalue weighted by molar-refractivity contribution is 0.783. The summed E-state index contributed by atoms with van der Waals surface area (Å²) < 4.78 is 0. The van der Waals surface area contributed by atoms with Crippen molar-refractivity contribution in [3.8, 4) is 0 Å². The third kappa shape index (κ3) is 3.02. The van der Waals surface area contributed by atoms with Crippen LogP contribution < -0.4 is 10.2 Å². The molecule has 2 aromatic rings. The van der Waals surface area contributed by atoms with Gasteiger partial charge in [0.25, 0.3) is 0 Å². The number of hydrogen-bond acceptors (Lipinski definition) is 6. The Morgan fingerprint density at radius 1 is 1.39 bits per heavy atom. The van der Waals surface area contributed by atoms with Crippen LogP contribution in [0.25, 0.3) is 0 Å². The zero-order chi connectivity index (χ0) is 13.0. The molecule has 0 fully saturated rings. The van der Waals surface area contributed by atoms with Crippen LogP contribution in [0.3, 0.4) is 0 Å². The van der Waals surface area contributed by atoms with E-state index in [4.69, 9.17) is 0 Å². The van der Waals surface area contributed by atoms with E-state index in [0.717, 1.165) is 36.0 Å². The molecule has 6 heteroatoms. The van der Waals surface area contributed by atoms with Crippen molar-refractivity contribution in [1.82, 2.24) is 20.3 Å². The van der Waals surface area contributed by atoms with Gasteiger partial charge in [-0.25, -0.2) is 15.0 Å². The van der Waals surface area contributed by atoms with Crippen LogP contribution >= 0.6 is 11.3 Å². The minimum absolute atomic E-state index is 0.730. The van der Waals surface area contributed by atoms with E-state index in [-0.39, 0.29) is 0 Å². The fourth-order valence-electron chi connectivity index (χ4n) is 1.66. The molecule has 18 heavy (non-hydrogen) atoms. The molecule has 1 N–H and O–H groups in total. The summed E-state index contributed by atoms with van der Waals surface area (Å²) in [5, 5.41) is 5.15. The average molecular weight is 263 g/mol. The van der Waals surface area contributed by atoms with Crippen LogP contribution in [-0.2, 0) is 13.1 Å². The maximum absolute atomic E-state index is 4.52. The molecule has 0 saturated heterocycles. The molecule has 0 atom stereocenters. The Morgan fingerprint density at radius 3 is 2.83 bits per heavy atom. The van der Waals surface area contributed by atoms with Gasteiger partial charge in [0.15, 0.2) is 0 Å². The predicted molar refractivity (Wildman–Crippen MR) is 73.8 cm³/mol. The number of rotatable bonds is 5. The van der Waals surface area contributed by atoms with Gasteiger partial charge >= 0.3 is 0 Å². The van der Waals surface area contributed by atoms with Gasteiger partial charge in [-0.2, -0.15) is 0 Å². The van der Waals surface area contributed by atoms with Crippen LogP contribution in [0.1, 0.15) is 17.0 Å². The molecule has 0 aliphatic rings. The average Bonchev–Trinajstić information content (AvgIpc) is 2.84. The van der Waals surface area contributed by atoms with Gasteiger partial charge in [-0.3, -0.25) is 0 Å². The molecule has 96 valence electrons. The maximum Gasteiger partial charge on any atom is 0.225 e. The van der Waals surface area contributed by atoms with Crippen molar-refractivity contribution in [2.75, 3.05) is 19.0 Å². The van der Waals surface area contributed by atoms with Gasteiger partial charge in [0.1, 0.15) is 0 Å². The molecule has 2 rings (SSSR count). The van der Waals surface area contributed by atoms with Crippen molar-refractivity contribution >= 4 is 17.3 Å². The van der Waals surface area contributed by atoms with Crippen LogP contribution in [0.15, 0.2) is 17.1 Å². The Balaban J connectivity index is 2.11. The van der Waals surface area contributed by atoms with E-state index in [0.29, 0.717) is 0 Å². The summed E-state index contributed by atoms with van der Waals surface area (Å²) >= 11 is 1.60. The summed E-state index contributed by atoms with van der Waals surface area (Å²) in [5.74, 6) is 0.736. The summed E-state index contributed by atoms with van der Waals surface area (Å²) in [4.78, 5) is 15.2. The topological polar surface area (TPSA) is 53.9 Å². The minimum atomic E-state index is 0.730. The number of nitrogens with zero attached hydrogens (tertiary/aromatic N) is 4. The first-order chi connectivity index (χ1) is 8.70. The second-order valence-corrected chi connectivity index (χ2v) is 4.87. The second kappa shape index (κ2) is 5.88. The molecule has 2 aromatic heterocycles. The minimum Gasteiger partial charge on any atom is -0.338 e. The molecule has 0 aliphatic carbocycles. The lowest BCUT2D eigenvalue weighted by Crippen LogP contribution is -2.20. The zero-order valence-electron chi connectivity index (χ0n) is 10.8. The molecular formula is C12H17N5S. The molecule has 0 bridgehead atoms. The molecule has 5 nitrogen and oxygen atoms in total. The molecule has 2 heterocycles. The Bertz CT molecular complexity index is 497. The highest BCUT2D eigenvalue weighted by Crippen LogP contribution is 2.13. The number of thiazole rings is 1. The van der Waals surface area contributed by atoms with Crippen molar-refractivity contribution in [2.45, 2.75) is 20.0 Å². The first-order valence-electron chi connectivity index (χ1n) is 5.76. The standard InChI is InChI=1S/C12H17N5S/c1-9-10(4-13-2)5-14-12(16-9)17(3)6-11-7-18-8-15-11/h5,7-8,13H,4,6H2,1-3H3. The summed E-state index contributed by atoms with van der Waals surface area (Å²) in [7, 11) is 3.90. The Labute approximate surface area is 111 Å². The first-order valence-corrected chi connectivity index (χ1v) is 6.70. The zero-order valence-corrected chi connectivity index (χ0v) is 11.7. The second-order valence-electron chi connectivity index (χ2n) is 4.15. The van der Waals surface area contributed by atoms with Crippen molar-refractivity contribution in [3.63, 3.8) is 0 Å². The van der Waals surface area contributed by atoms with Crippen LogP contribution in [-0.4, -0.2) is 29.0 Å². The number of hydrogen-bond donors (Lipinski definition) is 1. The summed E-state index contributed by atoms with van der Waals surface area (Å²) in [5.41, 5.74) is 5.02. The van der Waals surface area contributed by atoms with Crippen LogP contribution in [0.4, 0.5) is 5.95 Å². The highest BCUT2D eigenvalue weighted by Gasteiger charge is 2.08. The monoisotopic (exact) mass is 263 g/mol. The Kier molecular flexibility index (Phi) is 4.22. The lowest BCUT2D eigenvalue weighted by atomic mass is 10.2. The molecule has 0 amide bonds. The molecule has 0 spiro atoms. The van der Waals surface area contributed by atoms with Crippen molar-refractivity contribution < 1.29 is 0 Å². The number of aromatic nitrogens is 3. The fraction of sp³-hybridized carbons (Fsp3) is 0.417. The molecule has 0 unspecified atom stereocenters. The predicted octanol–water partition coefficient (Wildman–Crippen LogP) is 1.60. The largest absolute Gasteiger partial charge is 0.338 e. The molecule has 0 radical (unpaired) electrons. The van der Waals surface area contributed by atoms with Crippen molar-refractivity contribution in [3.05, 3.63) is 34.0 Å². The third-order valence-electron chi connectivity index (χ3n) is 2.66. The van der Waals surface area contributed by atoms with Crippen molar-refractivity contribution in [2.24, 2.45) is 0 Å². The van der Waals surface area contributed by atoms with Gasteiger partial charge in [0, 0.05) is 36.4 Å². The van der Waals surface area contributed by atoms with Crippen LogP contribution in [0.5, 0.6) is 0 Å². The summed E-state index contributed by atoms with van der Waals surface area (Å²) in [6.45, 7) is 3.53. The van der Waals surface area contributed by atoms with Crippen molar-refractivity contribution in [1.29, 1.82) is 0 Å². The van der Waals surface area contributed by atoms with Gasteiger partial charge in [-0.1, -0.05) is 0 Å². The normalized spacial score (nSPS) is 10.6. The quantitative estimate of drug-likeness (QED) is 0.888. The number of aryl methyl sites for hydroxylation is 1. The van der Waals surface area contributed by atoms with E-state index in [9.17, 15) is 0 Å². The van der Waals surface area contributed by atoms with Gasteiger partial charge in [0.05, 0.1) is 17.7 Å². The van der Waals surface area contributed by atoms with Crippen LogP contribution in [0, 0.1) is 6.92 Å². The SMILES string of the molecule is CNCc1cnc(N(C)Cc2cscn2)nc1C. The molecule has 0 saturated carbocycles. The van der Waals surface area contributed by atoms with E-state index >= 15 is 0 Å². The highest BCUT2D eigenvalue weighted by atomic mass is 32.1. The number of anilines is 1. The van der Waals surface area contributed by atoms with Crippen LogP contribution in [0.2, 0.25) is 0 Å². The highest BCUT2D eigenvalue weighted by molar-refractivity contribution is 7.07. The van der Waals surface area contributed by atoms with E-state index in [1.807, 2.05) is 43.0 Å². The molecule has 0 aliphatic heterocycles. The fourth-order valence-corrected chi connectivity index (χ4v) is 2.21. The van der Waals surface area contributed by atoms with E-state index in [1.165, 1.54) is 0 Å². The summed E-state index contributed by atoms with van der Waals surface area (Å²) in [6.07, 6.45) is 1.88. The van der Waals surface area contributed by atoms with E-state index in [2.05, 4.69) is 20.3 Å². The van der Waals surface area contributed by atoms with Gasteiger partial charge < -0.3 is 10.2 Å². The Morgan fingerprint density at radius 2 is 2.22 bits per heavy atom. The smallest absolute Gasteiger partial charge is 0.225 e. The number of nitrogens with one attached hydrogen (secondary N) is 1. The molecule has 0 aromatic carbocycles. The van der Waals surface area contributed by atoms with Gasteiger partial charge in [-0.05, 0) is 14.0 Å². The molecular weight excluding hydrogens is 246 g/mol. The third-order valence-corrected chi connectivity index (χ3v) is 3.29. The Hall–Kier alpha value is -1.53. The maximum atomic E-state index is 4.52.